The van der Waals surface area contributed by atoms with Crippen molar-refractivity contribution in [2.75, 3.05) is 0 Å². The fraction of sp³-hybridized carbons (Fsp3) is 0.143. The van der Waals surface area contributed by atoms with E-state index < -0.39 is 11.6 Å². The van der Waals surface area contributed by atoms with Crippen molar-refractivity contribution in [2.45, 2.75) is 12.4 Å². The van der Waals surface area contributed by atoms with Gasteiger partial charge in [-0.1, -0.05) is 0 Å². The van der Waals surface area contributed by atoms with Gasteiger partial charge >= 0.3 is 0 Å². The molecule has 0 saturated carbocycles. The molecule has 20 heavy (non-hydrogen) atoms. The number of halogens is 3. The molecule has 3 nitrogen and oxygen atoms in total. The lowest BCUT2D eigenvalue weighted by molar-refractivity contribution is 0.512. The van der Waals surface area contributed by atoms with Crippen molar-refractivity contribution in [1.29, 1.82) is 0 Å². The van der Waals surface area contributed by atoms with E-state index in [1.165, 1.54) is 6.07 Å². The molecule has 0 aliphatic heterocycles. The van der Waals surface area contributed by atoms with Crippen LogP contribution < -0.4 is 0 Å². The maximum absolute atomic E-state index is 14.0. The zero-order valence-corrected chi connectivity index (χ0v) is 11.1. The number of fused-ring (bicyclic) bond motifs is 1. The van der Waals surface area contributed by atoms with Gasteiger partial charge in [0.1, 0.15) is 11.3 Å². The quantitative estimate of drug-likeness (QED) is 0.692. The monoisotopic (exact) mass is 293 g/mol. The van der Waals surface area contributed by atoms with Gasteiger partial charge in [0.2, 0.25) is 0 Å². The summed E-state index contributed by atoms with van der Waals surface area (Å²) in [6.07, 6.45) is 3.29. The first-order chi connectivity index (χ1) is 9.70. The van der Waals surface area contributed by atoms with E-state index in [0.29, 0.717) is 17.9 Å². The maximum atomic E-state index is 14.0. The molecule has 0 amide bonds. The van der Waals surface area contributed by atoms with Crippen LogP contribution in [0.4, 0.5) is 8.78 Å². The average molecular weight is 294 g/mol. The molecular weight excluding hydrogens is 284 g/mol. The van der Waals surface area contributed by atoms with E-state index in [-0.39, 0.29) is 11.4 Å². The molecule has 0 N–H and O–H groups in total. The Labute approximate surface area is 118 Å². The predicted octanol–water partition coefficient (Wildman–Crippen LogP) is 3.50. The summed E-state index contributed by atoms with van der Waals surface area (Å²) in [6.45, 7) is 0.363. The fourth-order valence-electron chi connectivity index (χ4n) is 2.15. The summed E-state index contributed by atoms with van der Waals surface area (Å²) in [5.74, 6) is -1.17. The number of imidazole rings is 1. The minimum absolute atomic E-state index is 0.126. The van der Waals surface area contributed by atoms with Crippen LogP contribution in [-0.2, 0) is 12.4 Å². The van der Waals surface area contributed by atoms with Crippen molar-refractivity contribution >= 4 is 22.6 Å². The molecule has 3 aromatic rings. The van der Waals surface area contributed by atoms with Crippen LogP contribution in [0.2, 0.25) is 0 Å². The molecule has 0 atom stereocenters. The van der Waals surface area contributed by atoms with Crippen molar-refractivity contribution in [3.63, 3.8) is 0 Å². The van der Waals surface area contributed by atoms with Crippen molar-refractivity contribution in [3.8, 4) is 0 Å². The molecule has 2 heterocycles. The molecule has 2 aromatic heterocycles. The van der Waals surface area contributed by atoms with Crippen molar-refractivity contribution in [2.24, 2.45) is 0 Å². The second-order valence-electron chi connectivity index (χ2n) is 4.33. The van der Waals surface area contributed by atoms with Gasteiger partial charge in [0.05, 0.1) is 11.4 Å². The largest absolute Gasteiger partial charge is 0.320 e. The highest BCUT2D eigenvalue weighted by atomic mass is 35.5. The van der Waals surface area contributed by atoms with Crippen molar-refractivity contribution < 1.29 is 8.78 Å². The molecule has 0 bridgehead atoms. The van der Waals surface area contributed by atoms with Crippen LogP contribution in [0.5, 0.6) is 0 Å². The normalized spacial score (nSPS) is 11.2. The number of pyridine rings is 1. The van der Waals surface area contributed by atoms with Gasteiger partial charge in [-0.25, -0.2) is 13.8 Å². The zero-order valence-electron chi connectivity index (χ0n) is 10.4. The van der Waals surface area contributed by atoms with Gasteiger partial charge in [-0.15, -0.1) is 11.6 Å². The van der Waals surface area contributed by atoms with Gasteiger partial charge < -0.3 is 4.57 Å². The molecule has 1 aromatic carbocycles. The molecular formula is C14H10ClF2N3. The van der Waals surface area contributed by atoms with E-state index >= 15 is 0 Å². The molecule has 102 valence electrons. The number of hydrogen-bond donors (Lipinski definition) is 0. The molecule has 0 unspecified atom stereocenters. The first-order valence-corrected chi connectivity index (χ1v) is 6.52. The van der Waals surface area contributed by atoms with E-state index in [1.807, 2.05) is 0 Å². The van der Waals surface area contributed by atoms with Crippen molar-refractivity contribution in [1.82, 2.24) is 14.5 Å². The number of alkyl halides is 1. The molecule has 0 saturated heterocycles. The summed E-state index contributed by atoms with van der Waals surface area (Å²) >= 11 is 5.85. The summed E-state index contributed by atoms with van der Waals surface area (Å²) in [6, 6.07) is 6.13. The number of rotatable bonds is 3. The smallest absolute Gasteiger partial charge is 0.184 e. The molecule has 0 aliphatic carbocycles. The first kappa shape index (κ1) is 13.0. The number of aromatic nitrogens is 3. The summed E-state index contributed by atoms with van der Waals surface area (Å²) in [4.78, 5) is 8.16. The average Bonchev–Trinajstić information content (AvgIpc) is 2.83. The van der Waals surface area contributed by atoms with Crippen LogP contribution in [0, 0.1) is 11.6 Å². The Bertz CT molecular complexity index is 756. The number of hydrogen-bond acceptors (Lipinski definition) is 2. The third-order valence-corrected chi connectivity index (χ3v) is 3.33. The van der Waals surface area contributed by atoms with Crippen LogP contribution in [0.25, 0.3) is 11.0 Å². The Morgan fingerprint density at radius 1 is 1.10 bits per heavy atom. The minimum Gasteiger partial charge on any atom is -0.320 e. The minimum atomic E-state index is -0.902. The number of nitrogens with zero attached hydrogens (tertiary/aromatic N) is 3. The van der Waals surface area contributed by atoms with Crippen LogP contribution >= 0.6 is 11.6 Å². The van der Waals surface area contributed by atoms with E-state index in [9.17, 15) is 8.78 Å². The Balaban J connectivity index is 2.19. The third-order valence-electron chi connectivity index (χ3n) is 3.09. The van der Waals surface area contributed by atoms with Gasteiger partial charge in [0, 0.05) is 18.9 Å². The fourth-order valence-corrected chi connectivity index (χ4v) is 2.35. The van der Waals surface area contributed by atoms with Gasteiger partial charge in [0.25, 0.3) is 0 Å². The Hall–Kier alpha value is -2.01. The van der Waals surface area contributed by atoms with Crippen LogP contribution in [0.1, 0.15) is 11.4 Å². The summed E-state index contributed by atoms with van der Waals surface area (Å²) in [7, 11) is 0. The molecule has 0 radical (unpaired) electrons. The lowest BCUT2D eigenvalue weighted by Gasteiger charge is -2.08. The van der Waals surface area contributed by atoms with E-state index in [4.69, 9.17) is 11.6 Å². The first-order valence-electron chi connectivity index (χ1n) is 5.98. The van der Waals surface area contributed by atoms with Gasteiger partial charge in [0.15, 0.2) is 11.6 Å². The standard InChI is InChI=1S/C14H10ClF2N3/c15-7-12-19-11-2-1-10(16)13(17)14(11)20(12)8-9-3-5-18-6-4-9/h1-6H,7-8H2. The predicted molar refractivity (Wildman–Crippen MR) is 72.5 cm³/mol. The van der Waals surface area contributed by atoms with Crippen LogP contribution in [0.15, 0.2) is 36.7 Å². The van der Waals surface area contributed by atoms with Crippen LogP contribution in [-0.4, -0.2) is 14.5 Å². The summed E-state index contributed by atoms with van der Waals surface area (Å²) in [5.41, 5.74) is 1.44. The highest BCUT2D eigenvalue weighted by Crippen LogP contribution is 2.23. The Morgan fingerprint density at radius 2 is 1.85 bits per heavy atom. The van der Waals surface area contributed by atoms with Gasteiger partial charge in [-0.2, -0.15) is 0 Å². The Morgan fingerprint density at radius 3 is 2.55 bits per heavy atom. The molecule has 0 spiro atoms. The highest BCUT2D eigenvalue weighted by Gasteiger charge is 2.17. The zero-order chi connectivity index (χ0) is 14.1. The molecule has 0 aliphatic rings. The number of benzene rings is 1. The second kappa shape index (κ2) is 5.17. The highest BCUT2D eigenvalue weighted by molar-refractivity contribution is 6.16. The topological polar surface area (TPSA) is 30.7 Å². The summed E-state index contributed by atoms with van der Waals surface area (Å²) < 4.78 is 29.0. The molecule has 6 heteroatoms. The Kier molecular flexibility index (Phi) is 3.36. The van der Waals surface area contributed by atoms with Crippen molar-refractivity contribution in [3.05, 3.63) is 59.7 Å². The van der Waals surface area contributed by atoms with E-state index in [1.54, 1.807) is 29.1 Å². The van der Waals surface area contributed by atoms with E-state index in [2.05, 4.69) is 9.97 Å². The third kappa shape index (κ3) is 2.14. The summed E-state index contributed by atoms with van der Waals surface area (Å²) in [5, 5.41) is 0. The van der Waals surface area contributed by atoms with E-state index in [0.717, 1.165) is 11.6 Å². The van der Waals surface area contributed by atoms with Gasteiger partial charge in [-0.3, -0.25) is 4.98 Å². The van der Waals surface area contributed by atoms with Gasteiger partial charge in [-0.05, 0) is 29.8 Å². The lowest BCUT2D eigenvalue weighted by Crippen LogP contribution is -2.05. The molecule has 3 rings (SSSR count). The maximum Gasteiger partial charge on any atom is 0.184 e. The SMILES string of the molecule is Fc1ccc2nc(CCl)n(Cc3ccncc3)c2c1F. The molecule has 0 fully saturated rings. The van der Waals surface area contributed by atoms with Crippen LogP contribution in [0.3, 0.4) is 0 Å². The second-order valence-corrected chi connectivity index (χ2v) is 4.60. The lowest BCUT2D eigenvalue weighted by atomic mass is 10.2.